The average Bonchev–Trinajstić information content (AvgIpc) is 2.62. The zero-order chi connectivity index (χ0) is 19.1. The maximum absolute atomic E-state index is 12.4. The van der Waals surface area contributed by atoms with E-state index < -0.39 is 0 Å². The lowest BCUT2D eigenvalue weighted by molar-refractivity contribution is -0.155. The summed E-state index contributed by atoms with van der Waals surface area (Å²) in [6.45, 7) is 3.95. The third-order valence-electron chi connectivity index (χ3n) is 4.80. The number of carbonyl (C=O) groups excluding carboxylic acids is 2. The van der Waals surface area contributed by atoms with E-state index in [0.29, 0.717) is 13.0 Å². The van der Waals surface area contributed by atoms with Crippen LogP contribution >= 0.6 is 0 Å². The molecule has 1 heterocycles. The third kappa shape index (κ3) is 4.31. The number of ether oxygens (including phenoxy) is 1. The zero-order valence-corrected chi connectivity index (χ0v) is 15.6. The second-order valence-corrected chi connectivity index (χ2v) is 6.40. The standard InChI is InChI=1S/C20H28N2O4/c1-4-6-14-7-9-15(10-8-14)20-16(11-21-18(24)5-2)22(17(20)12-23)19(25)13-26-3/h4,6-10,16-17,20,23H,5,11-13H2,1-3H3,(H,21,24)/b6-4+/t16-,17-,20-/m1/s1. The molecule has 3 atom stereocenters. The molecule has 6 nitrogen and oxygen atoms in total. The van der Waals surface area contributed by atoms with E-state index in [1.54, 1.807) is 11.8 Å². The highest BCUT2D eigenvalue weighted by atomic mass is 16.5. The minimum atomic E-state index is -0.311. The number of allylic oxidation sites excluding steroid dienone is 1. The number of methoxy groups -OCH3 is 1. The Morgan fingerprint density at radius 2 is 1.96 bits per heavy atom. The molecule has 2 rings (SSSR count). The van der Waals surface area contributed by atoms with Gasteiger partial charge in [0.25, 0.3) is 0 Å². The molecule has 0 unspecified atom stereocenters. The van der Waals surface area contributed by atoms with Gasteiger partial charge >= 0.3 is 0 Å². The van der Waals surface area contributed by atoms with Gasteiger partial charge in [0.1, 0.15) is 6.61 Å². The number of aliphatic hydroxyl groups is 1. The first-order chi connectivity index (χ1) is 12.6. The minimum Gasteiger partial charge on any atom is -0.394 e. The fourth-order valence-corrected chi connectivity index (χ4v) is 3.55. The number of benzene rings is 1. The Morgan fingerprint density at radius 3 is 2.50 bits per heavy atom. The van der Waals surface area contributed by atoms with Crippen molar-refractivity contribution in [1.82, 2.24) is 10.2 Å². The van der Waals surface area contributed by atoms with E-state index in [2.05, 4.69) is 5.32 Å². The van der Waals surface area contributed by atoms with Crippen LogP contribution < -0.4 is 5.32 Å². The van der Waals surface area contributed by atoms with Crippen molar-refractivity contribution in [2.24, 2.45) is 0 Å². The summed E-state index contributed by atoms with van der Waals surface area (Å²) in [6.07, 6.45) is 4.38. The Morgan fingerprint density at radius 1 is 1.27 bits per heavy atom. The molecule has 0 saturated carbocycles. The summed E-state index contributed by atoms with van der Waals surface area (Å²) in [5, 5.41) is 12.7. The van der Waals surface area contributed by atoms with E-state index >= 15 is 0 Å². The van der Waals surface area contributed by atoms with Gasteiger partial charge in [-0.3, -0.25) is 9.59 Å². The molecule has 26 heavy (non-hydrogen) atoms. The third-order valence-corrected chi connectivity index (χ3v) is 4.80. The molecule has 0 radical (unpaired) electrons. The maximum Gasteiger partial charge on any atom is 0.249 e. The van der Waals surface area contributed by atoms with Gasteiger partial charge in [0.2, 0.25) is 11.8 Å². The Bertz CT molecular complexity index is 642. The Balaban J connectivity index is 2.24. The van der Waals surface area contributed by atoms with Gasteiger partial charge in [0.15, 0.2) is 0 Å². The van der Waals surface area contributed by atoms with Gasteiger partial charge in [-0.15, -0.1) is 0 Å². The van der Waals surface area contributed by atoms with Gasteiger partial charge < -0.3 is 20.1 Å². The first-order valence-electron chi connectivity index (χ1n) is 8.97. The molecule has 0 aromatic heterocycles. The van der Waals surface area contributed by atoms with Crippen LogP contribution in [0.2, 0.25) is 0 Å². The van der Waals surface area contributed by atoms with E-state index in [1.165, 1.54) is 7.11 Å². The molecule has 0 spiro atoms. The van der Waals surface area contributed by atoms with Gasteiger partial charge in [-0.1, -0.05) is 43.3 Å². The lowest BCUT2D eigenvalue weighted by atomic mass is 9.74. The molecular formula is C20H28N2O4. The van der Waals surface area contributed by atoms with Gasteiger partial charge in [0, 0.05) is 26.0 Å². The molecule has 1 aromatic rings. The van der Waals surface area contributed by atoms with Gasteiger partial charge in [-0.2, -0.15) is 0 Å². The molecule has 1 fully saturated rings. The van der Waals surface area contributed by atoms with E-state index in [1.807, 2.05) is 43.3 Å². The van der Waals surface area contributed by atoms with Crippen LogP contribution in [-0.2, 0) is 14.3 Å². The van der Waals surface area contributed by atoms with Crippen molar-refractivity contribution in [2.75, 3.05) is 26.9 Å². The van der Waals surface area contributed by atoms with Crippen LogP contribution in [-0.4, -0.2) is 60.8 Å². The highest BCUT2D eigenvalue weighted by Crippen LogP contribution is 2.40. The fraction of sp³-hybridized carbons (Fsp3) is 0.500. The Hall–Kier alpha value is -2.18. The molecule has 0 aliphatic carbocycles. The van der Waals surface area contributed by atoms with Crippen molar-refractivity contribution in [2.45, 2.75) is 38.3 Å². The van der Waals surface area contributed by atoms with Crippen LogP contribution in [0.1, 0.15) is 37.3 Å². The zero-order valence-electron chi connectivity index (χ0n) is 15.6. The molecule has 1 aliphatic heterocycles. The number of nitrogens with one attached hydrogen (secondary N) is 1. The summed E-state index contributed by atoms with van der Waals surface area (Å²) in [6, 6.07) is 7.58. The second kappa shape index (κ2) is 9.50. The van der Waals surface area contributed by atoms with Gasteiger partial charge in [-0.25, -0.2) is 0 Å². The average molecular weight is 360 g/mol. The molecule has 1 aromatic carbocycles. The van der Waals surface area contributed by atoms with Crippen LogP contribution in [0.4, 0.5) is 0 Å². The van der Waals surface area contributed by atoms with Crippen molar-refractivity contribution in [3.8, 4) is 0 Å². The number of amides is 2. The largest absolute Gasteiger partial charge is 0.394 e. The predicted molar refractivity (Wildman–Crippen MR) is 101 cm³/mol. The Kier molecular flexibility index (Phi) is 7.36. The van der Waals surface area contributed by atoms with Crippen LogP contribution in [0.15, 0.2) is 30.3 Å². The number of nitrogens with zero attached hydrogens (tertiary/aromatic N) is 1. The summed E-state index contributed by atoms with van der Waals surface area (Å²) in [5.74, 6) is -0.263. The number of carbonyl (C=O) groups is 2. The van der Waals surface area contributed by atoms with Crippen molar-refractivity contribution in [3.63, 3.8) is 0 Å². The normalized spacial score (nSPS) is 22.3. The van der Waals surface area contributed by atoms with E-state index in [4.69, 9.17) is 4.74 Å². The fourth-order valence-electron chi connectivity index (χ4n) is 3.55. The van der Waals surface area contributed by atoms with E-state index in [0.717, 1.165) is 11.1 Å². The predicted octanol–water partition coefficient (Wildman–Crippen LogP) is 1.55. The number of rotatable bonds is 8. The van der Waals surface area contributed by atoms with Gasteiger partial charge in [-0.05, 0) is 18.1 Å². The highest BCUT2D eigenvalue weighted by Gasteiger charge is 2.50. The topological polar surface area (TPSA) is 78.9 Å². The van der Waals surface area contributed by atoms with Crippen molar-refractivity contribution in [3.05, 3.63) is 41.5 Å². The van der Waals surface area contributed by atoms with Crippen LogP contribution in [0.3, 0.4) is 0 Å². The molecular weight excluding hydrogens is 332 g/mol. The summed E-state index contributed by atoms with van der Waals surface area (Å²) < 4.78 is 4.96. The molecule has 2 amide bonds. The first-order valence-corrected chi connectivity index (χ1v) is 8.97. The van der Waals surface area contributed by atoms with Crippen LogP contribution in [0.25, 0.3) is 6.08 Å². The van der Waals surface area contributed by atoms with Crippen LogP contribution in [0, 0.1) is 0 Å². The maximum atomic E-state index is 12.4. The highest BCUT2D eigenvalue weighted by molar-refractivity contribution is 5.80. The summed E-state index contributed by atoms with van der Waals surface area (Å²) in [7, 11) is 1.47. The first kappa shape index (κ1) is 20.1. The quantitative estimate of drug-likeness (QED) is 0.737. The van der Waals surface area contributed by atoms with Crippen molar-refractivity contribution >= 4 is 17.9 Å². The SMILES string of the molecule is C/C=C/c1ccc([C@H]2[C@@H](CO)N(C(=O)COC)[C@@H]2CNC(=O)CC)cc1. The number of aliphatic hydroxyl groups excluding tert-OH is 1. The van der Waals surface area contributed by atoms with E-state index in [-0.39, 0.29) is 43.0 Å². The molecule has 142 valence electrons. The molecule has 1 saturated heterocycles. The molecule has 0 bridgehead atoms. The second-order valence-electron chi connectivity index (χ2n) is 6.40. The number of likely N-dealkylation sites (tertiary alicyclic amines) is 1. The Labute approximate surface area is 154 Å². The number of hydrogen-bond acceptors (Lipinski definition) is 4. The lowest BCUT2D eigenvalue weighted by Gasteiger charge is -2.55. The summed E-state index contributed by atoms with van der Waals surface area (Å²) >= 11 is 0. The molecule has 1 aliphatic rings. The minimum absolute atomic E-state index is 0.0300. The van der Waals surface area contributed by atoms with Crippen molar-refractivity contribution < 1.29 is 19.4 Å². The monoisotopic (exact) mass is 360 g/mol. The smallest absolute Gasteiger partial charge is 0.249 e. The van der Waals surface area contributed by atoms with Crippen molar-refractivity contribution in [1.29, 1.82) is 0 Å². The van der Waals surface area contributed by atoms with E-state index in [9.17, 15) is 14.7 Å². The number of hydrogen-bond donors (Lipinski definition) is 2. The summed E-state index contributed by atoms with van der Waals surface area (Å²) in [4.78, 5) is 25.7. The molecule has 6 heteroatoms. The molecule has 2 N–H and O–H groups in total. The lowest BCUT2D eigenvalue weighted by Crippen LogP contribution is -2.69. The van der Waals surface area contributed by atoms with Gasteiger partial charge in [0.05, 0.1) is 18.7 Å². The van der Waals surface area contributed by atoms with Crippen LogP contribution in [0.5, 0.6) is 0 Å². The summed E-state index contributed by atoms with van der Waals surface area (Å²) in [5.41, 5.74) is 2.15.